The highest BCUT2D eigenvalue weighted by atomic mass is 35.5. The highest BCUT2D eigenvalue weighted by Gasteiger charge is 2.31. The number of aryl methyl sites for hydroxylation is 1. The van der Waals surface area contributed by atoms with Gasteiger partial charge in [-0.3, -0.25) is 9.10 Å². The molecule has 3 rings (SSSR count). The molecule has 1 heterocycles. The predicted octanol–water partition coefficient (Wildman–Crippen LogP) is 4.43. The number of ether oxygens (including phenoxy) is 2. The first-order valence-electron chi connectivity index (χ1n) is 11.4. The summed E-state index contributed by atoms with van der Waals surface area (Å²) in [4.78, 5) is 17.8. The Hall–Kier alpha value is -3.02. The molecule has 0 saturated heterocycles. The number of hydrogen-bond donors (Lipinski definition) is 0. The van der Waals surface area contributed by atoms with Gasteiger partial charge < -0.3 is 19.3 Å². The molecule has 1 aromatic heterocycles. The normalized spacial score (nSPS) is 11.2. The molecular formula is C25H31ClN4O5S2. The van der Waals surface area contributed by atoms with Gasteiger partial charge in [0, 0.05) is 37.3 Å². The Balaban J connectivity index is 2.09. The molecule has 200 valence electrons. The van der Waals surface area contributed by atoms with E-state index >= 15 is 0 Å². The summed E-state index contributed by atoms with van der Waals surface area (Å²) in [5.74, 6) is 0.261. The second-order valence-electron chi connectivity index (χ2n) is 8.40. The van der Waals surface area contributed by atoms with E-state index in [-0.39, 0.29) is 27.3 Å². The first kappa shape index (κ1) is 28.5. The summed E-state index contributed by atoms with van der Waals surface area (Å²) in [6.07, 6.45) is 0. The zero-order chi connectivity index (χ0) is 27.3. The van der Waals surface area contributed by atoms with Crippen LogP contribution in [-0.4, -0.2) is 65.0 Å². The van der Waals surface area contributed by atoms with Crippen molar-refractivity contribution in [2.75, 3.05) is 50.6 Å². The fourth-order valence-corrected chi connectivity index (χ4v) is 6.11. The Labute approximate surface area is 227 Å². The van der Waals surface area contributed by atoms with Gasteiger partial charge in [0.15, 0.2) is 11.5 Å². The Morgan fingerprint density at radius 2 is 1.76 bits per heavy atom. The van der Waals surface area contributed by atoms with Crippen LogP contribution in [0.4, 0.5) is 11.4 Å². The van der Waals surface area contributed by atoms with Crippen LogP contribution in [0.2, 0.25) is 5.02 Å². The van der Waals surface area contributed by atoms with Crippen LogP contribution in [0.15, 0.2) is 47.4 Å². The molecule has 1 amide bonds. The molecule has 0 bridgehead atoms. The summed E-state index contributed by atoms with van der Waals surface area (Å²) in [5, 5.41) is 0.198. The number of rotatable bonds is 11. The largest absolute Gasteiger partial charge is 0.493 e. The number of carbonyl (C=O) groups is 1. The van der Waals surface area contributed by atoms with Gasteiger partial charge in [-0.15, -0.1) is 0 Å². The fraction of sp³-hybridized carbons (Fsp3) is 0.360. The highest BCUT2D eigenvalue weighted by molar-refractivity contribution is 7.92. The fourth-order valence-electron chi connectivity index (χ4n) is 3.65. The summed E-state index contributed by atoms with van der Waals surface area (Å²) in [6.45, 7) is 4.01. The average Bonchev–Trinajstić information content (AvgIpc) is 3.29. The quantitative estimate of drug-likeness (QED) is 0.339. The topological polar surface area (TPSA) is 92.3 Å². The van der Waals surface area contributed by atoms with Crippen LogP contribution >= 0.6 is 23.1 Å². The van der Waals surface area contributed by atoms with Gasteiger partial charge in [-0.25, -0.2) is 8.42 Å². The molecule has 0 atom stereocenters. The van der Waals surface area contributed by atoms with E-state index in [1.54, 1.807) is 23.1 Å². The number of amides is 1. The maximum Gasteiger partial charge on any atom is 0.264 e. The molecule has 37 heavy (non-hydrogen) atoms. The van der Waals surface area contributed by atoms with Crippen LogP contribution < -0.4 is 18.7 Å². The number of sulfonamides is 1. The van der Waals surface area contributed by atoms with Crippen molar-refractivity contribution < 1.29 is 22.7 Å². The molecular weight excluding hydrogens is 536 g/mol. The molecule has 9 nitrogen and oxygen atoms in total. The molecule has 0 spiro atoms. The number of nitrogens with zero attached hydrogens (tertiary/aromatic N) is 4. The lowest BCUT2D eigenvalue weighted by atomic mass is 10.2. The second kappa shape index (κ2) is 12.0. The van der Waals surface area contributed by atoms with Gasteiger partial charge in [-0.2, -0.15) is 4.37 Å². The lowest BCUT2D eigenvalue weighted by Crippen LogP contribution is -2.43. The third kappa shape index (κ3) is 6.46. The maximum absolute atomic E-state index is 14.0. The van der Waals surface area contributed by atoms with Crippen molar-refractivity contribution in [2.24, 2.45) is 0 Å². The minimum atomic E-state index is -4.24. The monoisotopic (exact) mass is 566 g/mol. The zero-order valence-electron chi connectivity index (χ0n) is 21.7. The lowest BCUT2D eigenvalue weighted by molar-refractivity contribution is -0.129. The minimum Gasteiger partial charge on any atom is -0.493 e. The van der Waals surface area contributed by atoms with Gasteiger partial charge in [0.25, 0.3) is 10.0 Å². The Bertz CT molecular complexity index is 1360. The lowest BCUT2D eigenvalue weighted by Gasteiger charge is -2.29. The van der Waals surface area contributed by atoms with Crippen molar-refractivity contribution in [1.82, 2.24) is 9.27 Å². The van der Waals surface area contributed by atoms with E-state index in [0.29, 0.717) is 18.8 Å². The highest BCUT2D eigenvalue weighted by Crippen LogP contribution is 2.36. The molecule has 0 N–H and O–H groups in total. The average molecular weight is 567 g/mol. The van der Waals surface area contributed by atoms with Crippen molar-refractivity contribution in [3.8, 4) is 11.5 Å². The molecule has 2 aromatic carbocycles. The first-order chi connectivity index (χ1) is 17.5. The van der Waals surface area contributed by atoms with Crippen molar-refractivity contribution >= 4 is 50.4 Å². The van der Waals surface area contributed by atoms with Gasteiger partial charge in [0.2, 0.25) is 5.91 Å². The molecule has 12 heteroatoms. The number of methoxy groups -OCH3 is 2. The summed E-state index contributed by atoms with van der Waals surface area (Å²) in [7, 11) is 2.31. The van der Waals surface area contributed by atoms with Gasteiger partial charge in [-0.1, -0.05) is 11.6 Å². The van der Waals surface area contributed by atoms with Crippen LogP contribution in [0.1, 0.15) is 17.5 Å². The van der Waals surface area contributed by atoms with Crippen LogP contribution in [0.3, 0.4) is 0 Å². The summed E-state index contributed by atoms with van der Waals surface area (Å²) >= 11 is 7.84. The summed E-state index contributed by atoms with van der Waals surface area (Å²) in [6, 6.07) is 11.2. The van der Waals surface area contributed by atoms with E-state index < -0.39 is 16.6 Å². The molecule has 0 aliphatic heterocycles. The van der Waals surface area contributed by atoms with Crippen molar-refractivity contribution in [2.45, 2.75) is 25.3 Å². The number of likely N-dealkylation sites (N-methyl/N-ethyl adjacent to an activating group) is 1. The molecule has 0 radical (unpaired) electrons. The van der Waals surface area contributed by atoms with Crippen LogP contribution in [0, 0.1) is 6.92 Å². The van der Waals surface area contributed by atoms with E-state index in [1.165, 1.54) is 44.0 Å². The molecule has 0 unspecified atom stereocenters. The van der Waals surface area contributed by atoms with E-state index in [2.05, 4.69) is 4.37 Å². The van der Waals surface area contributed by atoms with Crippen molar-refractivity contribution in [1.29, 1.82) is 0 Å². The third-order valence-electron chi connectivity index (χ3n) is 5.69. The second-order valence-corrected chi connectivity index (χ2v) is 11.6. The standard InChI is InChI=1S/C25H31ClN4O5S2/c1-7-29(15-19-12-17(2)27-36-19)25(31)16-30(22-13-18(28(3)4)8-10-21(22)26)37(32,33)20-9-11-23(34-5)24(14-20)35-6/h8-14H,7,15-16H2,1-6H3. The Morgan fingerprint density at radius 3 is 2.32 bits per heavy atom. The van der Waals surface area contributed by atoms with Crippen molar-refractivity contribution in [3.63, 3.8) is 0 Å². The van der Waals surface area contributed by atoms with Gasteiger partial charge >= 0.3 is 0 Å². The molecule has 0 aliphatic rings. The number of aromatic nitrogens is 1. The molecule has 0 aliphatic carbocycles. The van der Waals surface area contributed by atoms with E-state index in [1.807, 2.05) is 38.9 Å². The van der Waals surface area contributed by atoms with Gasteiger partial charge in [-0.05, 0) is 61.8 Å². The van der Waals surface area contributed by atoms with E-state index in [9.17, 15) is 13.2 Å². The van der Waals surface area contributed by atoms with E-state index in [4.69, 9.17) is 21.1 Å². The number of benzene rings is 2. The number of carbonyl (C=O) groups excluding carboxylic acids is 1. The first-order valence-corrected chi connectivity index (χ1v) is 14.0. The summed E-state index contributed by atoms with van der Waals surface area (Å²) in [5.41, 5.74) is 1.79. The summed E-state index contributed by atoms with van der Waals surface area (Å²) < 4.78 is 43.9. The zero-order valence-corrected chi connectivity index (χ0v) is 24.1. The van der Waals surface area contributed by atoms with Crippen LogP contribution in [0.5, 0.6) is 11.5 Å². The Kier molecular flexibility index (Phi) is 9.27. The van der Waals surface area contributed by atoms with Crippen molar-refractivity contribution in [3.05, 3.63) is 58.1 Å². The molecule has 3 aromatic rings. The maximum atomic E-state index is 14.0. The van der Waals surface area contributed by atoms with Gasteiger partial charge in [0.1, 0.15) is 6.54 Å². The Morgan fingerprint density at radius 1 is 1.05 bits per heavy atom. The smallest absolute Gasteiger partial charge is 0.264 e. The van der Waals surface area contributed by atoms with Crippen LogP contribution in [0.25, 0.3) is 0 Å². The number of halogens is 1. The van der Waals surface area contributed by atoms with Crippen LogP contribution in [-0.2, 0) is 21.4 Å². The predicted molar refractivity (Wildman–Crippen MR) is 148 cm³/mol. The SMILES string of the molecule is CCN(Cc1cc(C)ns1)C(=O)CN(c1cc(N(C)C)ccc1Cl)S(=O)(=O)c1ccc(OC)c(OC)c1. The molecule has 0 saturated carbocycles. The minimum absolute atomic E-state index is 0.0644. The van der Waals surface area contributed by atoms with E-state index in [0.717, 1.165) is 20.6 Å². The van der Waals surface area contributed by atoms with Gasteiger partial charge in [0.05, 0.1) is 42.1 Å². The number of hydrogen-bond acceptors (Lipinski definition) is 8. The molecule has 0 fully saturated rings. The third-order valence-corrected chi connectivity index (χ3v) is 8.63. The number of anilines is 2.